The first-order valence-corrected chi connectivity index (χ1v) is 6.42. The molecule has 0 saturated heterocycles. The van der Waals surface area contributed by atoms with Crippen LogP contribution in [0.25, 0.3) is 0 Å². The minimum atomic E-state index is -0.275. The molecule has 9 nitrogen and oxygen atoms in total. The molecule has 9 heteroatoms. The van der Waals surface area contributed by atoms with Gasteiger partial charge in [0.15, 0.2) is 11.4 Å². The van der Waals surface area contributed by atoms with Gasteiger partial charge in [-0.3, -0.25) is 4.79 Å². The molecule has 23 heavy (non-hydrogen) atoms. The van der Waals surface area contributed by atoms with Gasteiger partial charge in [0.1, 0.15) is 17.8 Å². The fourth-order valence-corrected chi connectivity index (χ4v) is 1.81. The van der Waals surface area contributed by atoms with Crippen LogP contribution < -0.4 is 11.1 Å². The second-order valence-electron chi connectivity index (χ2n) is 4.55. The summed E-state index contributed by atoms with van der Waals surface area (Å²) in [6, 6.07) is 8.45. The van der Waals surface area contributed by atoms with E-state index in [0.29, 0.717) is 17.1 Å². The Morgan fingerprint density at radius 2 is 2.09 bits per heavy atom. The van der Waals surface area contributed by atoms with Crippen molar-refractivity contribution in [1.82, 2.24) is 9.55 Å². The van der Waals surface area contributed by atoms with Gasteiger partial charge >= 0.3 is 0 Å². The summed E-state index contributed by atoms with van der Waals surface area (Å²) in [7, 11) is 1.55. The van der Waals surface area contributed by atoms with Crippen molar-refractivity contribution in [1.29, 1.82) is 10.5 Å². The van der Waals surface area contributed by atoms with Crippen LogP contribution >= 0.6 is 0 Å². The summed E-state index contributed by atoms with van der Waals surface area (Å²) in [5.74, 6) is -0.175. The van der Waals surface area contributed by atoms with Gasteiger partial charge in [0.25, 0.3) is 5.95 Å². The number of azo groups is 1. The number of nitrogens with zero attached hydrogens (tertiary/aromatic N) is 6. The van der Waals surface area contributed by atoms with Gasteiger partial charge in [-0.15, -0.1) is 10.2 Å². The molecule has 0 aliphatic rings. The van der Waals surface area contributed by atoms with E-state index >= 15 is 0 Å². The normalized spacial score (nSPS) is 10.3. The molecule has 2 rings (SSSR count). The van der Waals surface area contributed by atoms with Crippen molar-refractivity contribution in [3.63, 3.8) is 0 Å². The lowest BCUT2D eigenvalue weighted by atomic mass is 10.2. The third kappa shape index (κ3) is 3.31. The first kappa shape index (κ1) is 15.7. The quantitative estimate of drug-likeness (QED) is 0.658. The Morgan fingerprint density at radius 3 is 2.65 bits per heavy atom. The standard InChI is InChI=1S/C14H12N8O/c1-8(23)18-11-5-9(17)3-4-10(11)20-21-14-19-12(6-15)13(7-16)22(14)2/h3-5H,17H2,1-2H3,(H,18,23). The summed E-state index contributed by atoms with van der Waals surface area (Å²) in [6.07, 6.45) is 0. The Balaban J connectivity index is 2.42. The predicted molar refractivity (Wildman–Crippen MR) is 82.0 cm³/mol. The predicted octanol–water partition coefficient (Wildman–Crippen LogP) is 2.12. The van der Waals surface area contributed by atoms with Crippen molar-refractivity contribution in [3.05, 3.63) is 29.6 Å². The Morgan fingerprint density at radius 1 is 1.35 bits per heavy atom. The first-order chi connectivity index (χ1) is 11.0. The summed E-state index contributed by atoms with van der Waals surface area (Å²) in [4.78, 5) is 15.1. The van der Waals surface area contributed by atoms with Crippen LogP contribution in [0.2, 0.25) is 0 Å². The van der Waals surface area contributed by atoms with Crippen LogP contribution in [0, 0.1) is 22.7 Å². The summed E-state index contributed by atoms with van der Waals surface area (Å²) in [5, 5.41) is 28.5. The zero-order valence-corrected chi connectivity index (χ0v) is 12.4. The number of nitrogens with one attached hydrogen (secondary N) is 1. The number of hydrogen-bond acceptors (Lipinski definition) is 7. The molecule has 0 atom stereocenters. The highest BCUT2D eigenvalue weighted by molar-refractivity contribution is 5.92. The third-order valence-corrected chi connectivity index (χ3v) is 2.86. The number of carbonyl (C=O) groups excluding carboxylic acids is 1. The lowest BCUT2D eigenvalue weighted by molar-refractivity contribution is -0.114. The van der Waals surface area contributed by atoms with E-state index in [0.717, 1.165) is 0 Å². The fourth-order valence-electron chi connectivity index (χ4n) is 1.81. The minimum Gasteiger partial charge on any atom is -0.399 e. The van der Waals surface area contributed by atoms with Crippen molar-refractivity contribution in [3.8, 4) is 12.1 Å². The van der Waals surface area contributed by atoms with Crippen LogP contribution in [-0.2, 0) is 11.8 Å². The number of imidazole rings is 1. The number of aromatic nitrogens is 2. The van der Waals surface area contributed by atoms with Crippen LogP contribution in [0.1, 0.15) is 18.3 Å². The largest absolute Gasteiger partial charge is 0.399 e. The fraction of sp³-hybridized carbons (Fsp3) is 0.143. The van der Waals surface area contributed by atoms with Gasteiger partial charge < -0.3 is 15.6 Å². The molecular formula is C14H12N8O. The Kier molecular flexibility index (Phi) is 4.34. The van der Waals surface area contributed by atoms with Gasteiger partial charge in [-0.2, -0.15) is 15.5 Å². The number of carbonyl (C=O) groups is 1. The van der Waals surface area contributed by atoms with Gasteiger partial charge in [0.05, 0.1) is 5.69 Å². The van der Waals surface area contributed by atoms with Gasteiger partial charge in [0, 0.05) is 19.7 Å². The van der Waals surface area contributed by atoms with E-state index in [4.69, 9.17) is 16.3 Å². The van der Waals surface area contributed by atoms with Crippen LogP contribution in [0.5, 0.6) is 0 Å². The number of anilines is 2. The van der Waals surface area contributed by atoms with E-state index < -0.39 is 0 Å². The molecule has 1 amide bonds. The van der Waals surface area contributed by atoms with Crippen molar-refractivity contribution < 1.29 is 4.79 Å². The summed E-state index contributed by atoms with van der Waals surface area (Å²) in [5.41, 5.74) is 6.99. The van der Waals surface area contributed by atoms with Crippen molar-refractivity contribution in [2.24, 2.45) is 17.3 Å². The smallest absolute Gasteiger partial charge is 0.251 e. The molecule has 0 saturated carbocycles. The second kappa shape index (κ2) is 6.37. The molecule has 114 valence electrons. The molecular weight excluding hydrogens is 296 g/mol. The molecule has 1 aromatic carbocycles. The lowest BCUT2D eigenvalue weighted by Crippen LogP contribution is -2.06. The number of nitrogen functional groups attached to an aromatic ring is 1. The number of nitrogens with two attached hydrogens (primary N) is 1. The van der Waals surface area contributed by atoms with Crippen molar-refractivity contribution in [2.45, 2.75) is 6.92 Å². The van der Waals surface area contributed by atoms with Crippen LogP contribution in [0.3, 0.4) is 0 Å². The molecule has 0 aliphatic carbocycles. The van der Waals surface area contributed by atoms with Crippen molar-refractivity contribution in [2.75, 3.05) is 11.1 Å². The number of benzene rings is 1. The number of rotatable bonds is 3. The lowest BCUT2D eigenvalue weighted by Gasteiger charge is -2.06. The Hall–Kier alpha value is -3.72. The second-order valence-corrected chi connectivity index (χ2v) is 4.55. The average molecular weight is 308 g/mol. The third-order valence-electron chi connectivity index (χ3n) is 2.86. The Bertz CT molecular complexity index is 881. The number of nitriles is 2. The summed E-state index contributed by atoms with van der Waals surface area (Å²) < 4.78 is 1.36. The molecule has 0 unspecified atom stereocenters. The highest BCUT2D eigenvalue weighted by Gasteiger charge is 2.14. The van der Waals surface area contributed by atoms with Gasteiger partial charge in [-0.1, -0.05) is 0 Å². The molecule has 3 N–H and O–H groups in total. The van der Waals surface area contributed by atoms with E-state index in [-0.39, 0.29) is 23.2 Å². The van der Waals surface area contributed by atoms with Crippen LogP contribution in [0.15, 0.2) is 28.4 Å². The molecule has 1 heterocycles. The maximum atomic E-state index is 11.2. The summed E-state index contributed by atoms with van der Waals surface area (Å²) in [6.45, 7) is 1.36. The molecule has 0 aliphatic heterocycles. The van der Waals surface area contributed by atoms with E-state index in [2.05, 4.69) is 20.5 Å². The van der Waals surface area contributed by atoms with Gasteiger partial charge in [-0.05, 0) is 18.2 Å². The molecule has 0 bridgehead atoms. The monoisotopic (exact) mass is 308 g/mol. The van der Waals surface area contributed by atoms with Gasteiger partial charge in [-0.25, -0.2) is 0 Å². The van der Waals surface area contributed by atoms with E-state index in [9.17, 15) is 4.79 Å². The van der Waals surface area contributed by atoms with Gasteiger partial charge in [0.2, 0.25) is 5.91 Å². The van der Waals surface area contributed by atoms with E-state index in [1.54, 1.807) is 25.2 Å². The highest BCUT2D eigenvalue weighted by Crippen LogP contribution is 2.29. The average Bonchev–Trinajstić information content (AvgIpc) is 2.81. The maximum Gasteiger partial charge on any atom is 0.251 e. The minimum absolute atomic E-state index is 0.0247. The highest BCUT2D eigenvalue weighted by atomic mass is 16.1. The van der Waals surface area contributed by atoms with E-state index in [1.807, 2.05) is 12.1 Å². The number of hydrogen-bond donors (Lipinski definition) is 2. The maximum absolute atomic E-state index is 11.2. The molecule has 0 spiro atoms. The van der Waals surface area contributed by atoms with Crippen LogP contribution in [-0.4, -0.2) is 15.5 Å². The SMILES string of the molecule is CC(=O)Nc1cc(N)ccc1N=Nc1nc(C#N)c(C#N)n1C. The zero-order valence-electron chi connectivity index (χ0n) is 12.4. The van der Waals surface area contributed by atoms with Crippen LogP contribution in [0.4, 0.5) is 23.0 Å². The summed E-state index contributed by atoms with van der Waals surface area (Å²) >= 11 is 0. The molecule has 0 fully saturated rings. The molecule has 2 aromatic rings. The first-order valence-electron chi connectivity index (χ1n) is 6.42. The van der Waals surface area contributed by atoms with E-state index in [1.165, 1.54) is 11.5 Å². The van der Waals surface area contributed by atoms with Crippen molar-refractivity contribution >= 4 is 28.9 Å². The molecule has 1 aromatic heterocycles. The Labute approximate surface area is 131 Å². The molecule has 0 radical (unpaired) electrons. The topological polar surface area (TPSA) is 145 Å². The number of amides is 1. The zero-order chi connectivity index (χ0) is 17.0.